The van der Waals surface area contributed by atoms with Crippen molar-refractivity contribution in [1.82, 2.24) is 9.97 Å². The number of benzene rings is 2. The fraction of sp³-hybridized carbons (Fsp3) is 0.300. The highest BCUT2D eigenvalue weighted by Crippen LogP contribution is 2.27. The average Bonchev–Trinajstić information content (AvgIpc) is 3.04. The van der Waals surface area contributed by atoms with Crippen molar-refractivity contribution in [2.45, 2.75) is 32.6 Å². The van der Waals surface area contributed by atoms with Crippen LogP contribution in [0.25, 0.3) is 11.0 Å². The van der Waals surface area contributed by atoms with Crippen molar-refractivity contribution < 1.29 is 9.53 Å². The number of rotatable bonds is 6. The minimum atomic E-state index is -0.0567. The molecule has 0 atom stereocenters. The molecule has 0 radical (unpaired) electrons. The number of hydrogen-bond donors (Lipinski definition) is 2. The monoisotopic (exact) mass is 371 g/mol. The number of aromatic amines is 1. The molecule has 1 amide bonds. The second-order valence-electron chi connectivity index (χ2n) is 6.53. The number of hydrogen-bond acceptors (Lipinski definition) is 3. The molecule has 0 aliphatic carbocycles. The Morgan fingerprint density at radius 1 is 1.27 bits per heavy atom. The molecular weight excluding hydrogens is 350 g/mol. The van der Waals surface area contributed by atoms with Crippen molar-refractivity contribution in [3.05, 3.63) is 52.8 Å². The van der Waals surface area contributed by atoms with Crippen LogP contribution in [0.1, 0.15) is 37.6 Å². The smallest absolute Gasteiger partial charge is 0.224 e. The normalized spacial score (nSPS) is 11.1. The maximum atomic E-state index is 12.2. The van der Waals surface area contributed by atoms with Gasteiger partial charge in [0.15, 0.2) is 0 Å². The highest BCUT2D eigenvalue weighted by molar-refractivity contribution is 6.32. The highest BCUT2D eigenvalue weighted by Gasteiger charge is 2.09. The van der Waals surface area contributed by atoms with Crippen molar-refractivity contribution in [3.8, 4) is 5.75 Å². The van der Waals surface area contributed by atoms with Gasteiger partial charge in [-0.25, -0.2) is 4.98 Å². The third-order valence-corrected chi connectivity index (χ3v) is 4.48. The summed E-state index contributed by atoms with van der Waals surface area (Å²) in [7, 11) is 1.56. The lowest BCUT2D eigenvalue weighted by Gasteiger charge is -2.08. The van der Waals surface area contributed by atoms with E-state index in [1.54, 1.807) is 25.3 Å². The molecule has 2 aromatic carbocycles. The van der Waals surface area contributed by atoms with Crippen LogP contribution in [0.15, 0.2) is 36.4 Å². The number of H-pyrrole nitrogens is 1. The Balaban J connectivity index is 1.62. The van der Waals surface area contributed by atoms with Crippen LogP contribution >= 0.6 is 11.6 Å². The van der Waals surface area contributed by atoms with Crippen molar-refractivity contribution in [2.24, 2.45) is 0 Å². The predicted molar refractivity (Wildman–Crippen MR) is 105 cm³/mol. The van der Waals surface area contributed by atoms with Gasteiger partial charge in [0.25, 0.3) is 0 Å². The number of aromatic nitrogens is 2. The van der Waals surface area contributed by atoms with E-state index >= 15 is 0 Å². The lowest BCUT2D eigenvalue weighted by molar-refractivity contribution is -0.116. The van der Waals surface area contributed by atoms with E-state index in [0.29, 0.717) is 35.2 Å². The van der Waals surface area contributed by atoms with Gasteiger partial charge in [-0.2, -0.15) is 0 Å². The van der Waals surface area contributed by atoms with E-state index < -0.39 is 0 Å². The topological polar surface area (TPSA) is 67.0 Å². The molecule has 0 aliphatic heterocycles. The van der Waals surface area contributed by atoms with Gasteiger partial charge in [0, 0.05) is 18.0 Å². The number of nitrogens with zero attached hydrogens (tertiary/aromatic N) is 1. The summed E-state index contributed by atoms with van der Waals surface area (Å²) in [5.74, 6) is 1.86. The number of carbonyl (C=O) groups excluding carboxylic acids is 1. The minimum absolute atomic E-state index is 0.0567. The Morgan fingerprint density at radius 2 is 2.08 bits per heavy atom. The van der Waals surface area contributed by atoms with Crippen LogP contribution in [0, 0.1) is 0 Å². The van der Waals surface area contributed by atoms with Gasteiger partial charge in [-0.05, 0) is 42.3 Å². The quantitative estimate of drug-likeness (QED) is 0.646. The Morgan fingerprint density at radius 3 is 2.77 bits per heavy atom. The molecule has 0 unspecified atom stereocenters. The Bertz CT molecular complexity index is 934. The predicted octanol–water partition coefficient (Wildman–Crippen LogP) is 4.92. The molecule has 3 rings (SSSR count). The summed E-state index contributed by atoms with van der Waals surface area (Å²) in [5.41, 5.74) is 3.72. The zero-order valence-corrected chi connectivity index (χ0v) is 15.9. The van der Waals surface area contributed by atoms with Gasteiger partial charge in [0.05, 0.1) is 23.2 Å². The molecule has 1 heterocycles. The first-order valence-electron chi connectivity index (χ1n) is 8.58. The molecule has 0 bridgehead atoms. The molecule has 0 fully saturated rings. The Labute approximate surface area is 157 Å². The number of fused-ring (bicyclic) bond motifs is 1. The molecule has 3 aromatic rings. The van der Waals surface area contributed by atoms with Crippen molar-refractivity contribution >= 4 is 34.2 Å². The van der Waals surface area contributed by atoms with Crippen LogP contribution in [-0.2, 0) is 11.2 Å². The first-order chi connectivity index (χ1) is 12.5. The summed E-state index contributed by atoms with van der Waals surface area (Å²) < 4.78 is 5.11. The summed E-state index contributed by atoms with van der Waals surface area (Å²) in [6.07, 6.45) is 1.04. The molecule has 136 valence electrons. The fourth-order valence-corrected chi connectivity index (χ4v) is 2.99. The first kappa shape index (κ1) is 18.3. The van der Waals surface area contributed by atoms with Crippen LogP contribution in [-0.4, -0.2) is 23.0 Å². The van der Waals surface area contributed by atoms with Crippen LogP contribution < -0.4 is 10.1 Å². The third-order valence-electron chi connectivity index (χ3n) is 4.19. The number of anilines is 1. The van der Waals surface area contributed by atoms with Gasteiger partial charge < -0.3 is 15.0 Å². The van der Waals surface area contributed by atoms with Crippen molar-refractivity contribution in [2.75, 3.05) is 12.4 Å². The second kappa shape index (κ2) is 7.79. The van der Waals surface area contributed by atoms with Gasteiger partial charge in [-0.3, -0.25) is 4.79 Å². The second-order valence-corrected chi connectivity index (χ2v) is 6.93. The zero-order chi connectivity index (χ0) is 18.7. The molecule has 2 N–H and O–H groups in total. The van der Waals surface area contributed by atoms with Crippen LogP contribution in [0.3, 0.4) is 0 Å². The SMILES string of the molecule is COc1ccc(NC(=O)CCc2ccc3nc(C(C)C)[nH]c3c2)cc1Cl. The third kappa shape index (κ3) is 4.17. The first-order valence-corrected chi connectivity index (χ1v) is 8.96. The van der Waals surface area contributed by atoms with E-state index in [4.69, 9.17) is 16.3 Å². The standard InChI is InChI=1S/C20H22ClN3O2/c1-12(2)20-23-16-7-4-13(10-17(16)24-20)5-9-19(25)22-14-6-8-18(26-3)15(21)11-14/h4,6-8,10-12H,5,9H2,1-3H3,(H,22,25)(H,23,24). The van der Waals surface area contributed by atoms with E-state index in [0.717, 1.165) is 22.4 Å². The molecule has 0 aliphatic rings. The maximum absolute atomic E-state index is 12.2. The van der Waals surface area contributed by atoms with Gasteiger partial charge in [-0.1, -0.05) is 31.5 Å². The number of ether oxygens (including phenoxy) is 1. The number of aryl methyl sites for hydroxylation is 1. The summed E-state index contributed by atoms with van der Waals surface area (Å²) in [6.45, 7) is 4.21. The number of nitrogens with one attached hydrogen (secondary N) is 2. The minimum Gasteiger partial charge on any atom is -0.495 e. The summed E-state index contributed by atoms with van der Waals surface area (Å²) >= 11 is 6.08. The maximum Gasteiger partial charge on any atom is 0.224 e. The lowest BCUT2D eigenvalue weighted by atomic mass is 10.1. The van der Waals surface area contributed by atoms with Crippen molar-refractivity contribution in [1.29, 1.82) is 0 Å². The largest absolute Gasteiger partial charge is 0.495 e. The van der Waals surface area contributed by atoms with E-state index in [2.05, 4.69) is 35.2 Å². The average molecular weight is 372 g/mol. The molecule has 0 saturated heterocycles. The molecule has 1 aromatic heterocycles. The van der Waals surface area contributed by atoms with E-state index in [-0.39, 0.29) is 5.91 Å². The van der Waals surface area contributed by atoms with E-state index in [1.807, 2.05) is 12.1 Å². The molecule has 5 nitrogen and oxygen atoms in total. The van der Waals surface area contributed by atoms with Crippen molar-refractivity contribution in [3.63, 3.8) is 0 Å². The number of methoxy groups -OCH3 is 1. The molecule has 0 saturated carbocycles. The number of amides is 1. The number of imidazole rings is 1. The number of halogens is 1. The zero-order valence-electron chi connectivity index (χ0n) is 15.1. The fourth-order valence-electron chi connectivity index (χ4n) is 2.73. The Kier molecular flexibility index (Phi) is 5.47. The summed E-state index contributed by atoms with van der Waals surface area (Å²) in [4.78, 5) is 20.1. The van der Waals surface area contributed by atoms with Gasteiger partial charge in [-0.15, -0.1) is 0 Å². The lowest BCUT2D eigenvalue weighted by Crippen LogP contribution is -2.12. The van der Waals surface area contributed by atoms with Crippen LogP contribution in [0.4, 0.5) is 5.69 Å². The van der Waals surface area contributed by atoms with Gasteiger partial charge in [0.2, 0.25) is 5.91 Å². The molecule has 26 heavy (non-hydrogen) atoms. The van der Waals surface area contributed by atoms with E-state index in [1.165, 1.54) is 0 Å². The van der Waals surface area contributed by atoms with Gasteiger partial charge >= 0.3 is 0 Å². The summed E-state index contributed by atoms with van der Waals surface area (Å²) in [5, 5.41) is 3.33. The summed E-state index contributed by atoms with van der Waals surface area (Å²) in [6, 6.07) is 11.3. The molecule has 6 heteroatoms. The van der Waals surface area contributed by atoms with Crippen LogP contribution in [0.5, 0.6) is 5.75 Å². The number of carbonyl (C=O) groups is 1. The van der Waals surface area contributed by atoms with E-state index in [9.17, 15) is 4.79 Å². The molecule has 0 spiro atoms. The highest BCUT2D eigenvalue weighted by atomic mass is 35.5. The Hall–Kier alpha value is -2.53. The van der Waals surface area contributed by atoms with Gasteiger partial charge in [0.1, 0.15) is 11.6 Å². The molecular formula is C20H22ClN3O2. The van der Waals surface area contributed by atoms with Crippen LogP contribution in [0.2, 0.25) is 5.02 Å².